The number of hydrogen-bond donors (Lipinski definition) is 0. The van der Waals surface area contributed by atoms with Crippen LogP contribution in [0.25, 0.3) is 0 Å². The maximum atomic E-state index is 12.5. The van der Waals surface area contributed by atoms with Gasteiger partial charge in [-0.05, 0) is 0 Å². The third-order valence-electron chi connectivity index (χ3n) is 6.26. The Morgan fingerprint density at radius 2 is 1.33 bits per heavy atom. The van der Waals surface area contributed by atoms with Gasteiger partial charge in [0.05, 0.1) is 0 Å². The molecule has 0 spiro atoms. The summed E-state index contributed by atoms with van der Waals surface area (Å²) in [5.41, 5.74) is 0. The standard InChI is InChI=1S/C10H13O4.3C4H9.Sn/c1-13-9(11)7-5-3-4-6-8(7)10(12)14-2;3*1-3-4-2;/h3,7-8H,5-6H2,1-2H3;3*1,3-4H2,2H3;/t7-,8-;;;;/m0..../s1. The van der Waals surface area contributed by atoms with E-state index in [1.807, 2.05) is 0 Å². The van der Waals surface area contributed by atoms with E-state index in [0.29, 0.717) is 6.42 Å². The minimum atomic E-state index is -2.55. The van der Waals surface area contributed by atoms with Crippen LogP contribution in [0.5, 0.6) is 0 Å². The Labute approximate surface area is 170 Å². The van der Waals surface area contributed by atoms with E-state index in [4.69, 9.17) is 9.47 Å². The Kier molecular flexibility index (Phi) is 11.7. The van der Waals surface area contributed by atoms with Crippen LogP contribution in [0.15, 0.2) is 9.67 Å². The van der Waals surface area contributed by atoms with Gasteiger partial charge in [-0.2, -0.15) is 0 Å². The van der Waals surface area contributed by atoms with Crippen LogP contribution in [0.1, 0.15) is 72.1 Å². The van der Waals surface area contributed by atoms with Crippen molar-refractivity contribution in [2.45, 2.75) is 85.4 Å². The van der Waals surface area contributed by atoms with Crippen molar-refractivity contribution in [2.24, 2.45) is 11.8 Å². The summed E-state index contributed by atoms with van der Waals surface area (Å²) in [5, 5.41) is 0. The normalized spacial score (nSPS) is 20.1. The molecule has 0 aromatic heterocycles. The van der Waals surface area contributed by atoms with E-state index < -0.39 is 24.3 Å². The van der Waals surface area contributed by atoms with Gasteiger partial charge in [0.1, 0.15) is 0 Å². The van der Waals surface area contributed by atoms with Gasteiger partial charge in [0.25, 0.3) is 0 Å². The molecule has 27 heavy (non-hydrogen) atoms. The van der Waals surface area contributed by atoms with Crippen molar-refractivity contribution in [3.63, 3.8) is 0 Å². The first kappa shape index (κ1) is 24.5. The number of ether oxygens (including phenoxy) is 2. The van der Waals surface area contributed by atoms with Gasteiger partial charge in [-0.15, -0.1) is 0 Å². The summed E-state index contributed by atoms with van der Waals surface area (Å²) < 4.78 is 15.8. The van der Waals surface area contributed by atoms with Gasteiger partial charge in [0.15, 0.2) is 0 Å². The van der Waals surface area contributed by atoms with Crippen molar-refractivity contribution in [3.05, 3.63) is 9.67 Å². The molecule has 5 heteroatoms. The molecule has 156 valence electrons. The summed E-state index contributed by atoms with van der Waals surface area (Å²) >= 11 is -2.55. The van der Waals surface area contributed by atoms with Crippen LogP contribution >= 0.6 is 0 Å². The number of esters is 2. The Balaban J connectivity index is 3.22. The fourth-order valence-corrected chi connectivity index (χ4v) is 21.7. The Morgan fingerprint density at radius 3 is 1.74 bits per heavy atom. The van der Waals surface area contributed by atoms with E-state index in [1.165, 1.54) is 66.1 Å². The van der Waals surface area contributed by atoms with Crippen molar-refractivity contribution in [2.75, 3.05) is 14.2 Å². The van der Waals surface area contributed by atoms with Crippen molar-refractivity contribution >= 4 is 30.3 Å². The zero-order valence-corrected chi connectivity index (χ0v) is 21.0. The second-order valence-corrected chi connectivity index (χ2v) is 21.4. The van der Waals surface area contributed by atoms with E-state index >= 15 is 0 Å². The molecular formula is C22H40O4Sn. The van der Waals surface area contributed by atoms with Gasteiger partial charge in [-0.3, -0.25) is 0 Å². The molecule has 0 aromatic rings. The zero-order chi connectivity index (χ0) is 20.3. The van der Waals surface area contributed by atoms with E-state index in [1.54, 1.807) is 3.59 Å². The van der Waals surface area contributed by atoms with E-state index in [2.05, 4.69) is 26.8 Å². The predicted molar refractivity (Wildman–Crippen MR) is 113 cm³/mol. The molecule has 1 aliphatic carbocycles. The van der Waals surface area contributed by atoms with Crippen LogP contribution in [0.4, 0.5) is 0 Å². The average Bonchev–Trinajstić information content (AvgIpc) is 2.71. The quantitative estimate of drug-likeness (QED) is 0.263. The topological polar surface area (TPSA) is 52.6 Å². The molecule has 0 aliphatic heterocycles. The molecule has 0 radical (unpaired) electrons. The molecule has 0 unspecified atom stereocenters. The molecule has 0 heterocycles. The molecule has 2 atom stereocenters. The number of methoxy groups -OCH3 is 2. The fraction of sp³-hybridized carbons (Fsp3) is 0.818. The molecule has 0 bridgehead atoms. The van der Waals surface area contributed by atoms with Crippen LogP contribution in [-0.4, -0.2) is 44.5 Å². The van der Waals surface area contributed by atoms with E-state index in [-0.39, 0.29) is 17.9 Å². The average molecular weight is 487 g/mol. The molecule has 0 saturated heterocycles. The molecule has 0 aromatic carbocycles. The third kappa shape index (κ3) is 6.79. The summed E-state index contributed by atoms with van der Waals surface area (Å²) in [7, 11) is 2.83. The van der Waals surface area contributed by atoms with Crippen LogP contribution in [0.2, 0.25) is 13.3 Å². The van der Waals surface area contributed by atoms with Gasteiger partial charge >= 0.3 is 171 Å². The number of rotatable bonds is 12. The summed E-state index contributed by atoms with van der Waals surface area (Å²) in [6, 6.07) is 0. The maximum absolute atomic E-state index is 12.5. The Hall–Kier alpha value is -0.521. The summed E-state index contributed by atoms with van der Waals surface area (Å²) in [6.07, 6.45) is 11.3. The van der Waals surface area contributed by atoms with Gasteiger partial charge in [0.2, 0.25) is 0 Å². The molecule has 1 rings (SSSR count). The van der Waals surface area contributed by atoms with Crippen molar-refractivity contribution in [3.8, 4) is 0 Å². The van der Waals surface area contributed by atoms with Crippen molar-refractivity contribution < 1.29 is 19.1 Å². The Bertz CT molecular complexity index is 479. The van der Waals surface area contributed by atoms with E-state index in [0.717, 1.165) is 6.42 Å². The first-order valence-corrected chi connectivity index (χ1v) is 18.3. The first-order valence-electron chi connectivity index (χ1n) is 10.8. The number of unbranched alkanes of at least 4 members (excludes halogenated alkanes) is 3. The second-order valence-electron chi connectivity index (χ2n) is 8.02. The van der Waals surface area contributed by atoms with Gasteiger partial charge < -0.3 is 0 Å². The van der Waals surface area contributed by atoms with Crippen LogP contribution in [0, 0.1) is 11.8 Å². The van der Waals surface area contributed by atoms with Gasteiger partial charge in [-0.25, -0.2) is 0 Å². The molecule has 4 nitrogen and oxygen atoms in total. The second kappa shape index (κ2) is 12.8. The fourth-order valence-electron chi connectivity index (χ4n) is 4.54. The monoisotopic (exact) mass is 488 g/mol. The van der Waals surface area contributed by atoms with Crippen molar-refractivity contribution in [1.29, 1.82) is 0 Å². The molecule has 0 fully saturated rings. The number of hydrogen-bond acceptors (Lipinski definition) is 4. The number of carbonyl (C=O) groups excluding carboxylic acids is 2. The SMILES string of the molecule is CCC[CH2][Sn]([CH2]CCC)([CH2]CCC)[C]1=CC[C@H](C(=O)OC)[C@@H](C(=O)OC)C1. The summed E-state index contributed by atoms with van der Waals surface area (Å²) in [5.74, 6) is -1.29. The van der Waals surface area contributed by atoms with Gasteiger partial charge in [-0.1, -0.05) is 0 Å². The van der Waals surface area contributed by atoms with Crippen LogP contribution in [-0.2, 0) is 19.1 Å². The summed E-state index contributed by atoms with van der Waals surface area (Å²) in [4.78, 5) is 24.7. The molecule has 1 aliphatic rings. The number of carbonyl (C=O) groups is 2. The van der Waals surface area contributed by atoms with E-state index in [9.17, 15) is 9.59 Å². The third-order valence-corrected chi connectivity index (χ3v) is 22.5. The van der Waals surface area contributed by atoms with Crippen LogP contribution in [0.3, 0.4) is 0 Å². The van der Waals surface area contributed by atoms with Crippen molar-refractivity contribution in [1.82, 2.24) is 0 Å². The first-order chi connectivity index (χ1) is 13.0. The van der Waals surface area contributed by atoms with Gasteiger partial charge in [0, 0.05) is 0 Å². The minimum absolute atomic E-state index is 0.252. The molecule has 0 N–H and O–H groups in total. The summed E-state index contributed by atoms with van der Waals surface area (Å²) in [6.45, 7) is 6.82. The number of allylic oxidation sites excluding steroid dienone is 2. The molecular weight excluding hydrogens is 447 g/mol. The Morgan fingerprint density at radius 1 is 0.889 bits per heavy atom. The predicted octanol–water partition coefficient (Wildman–Crippen LogP) is 5.67. The molecule has 0 amide bonds. The zero-order valence-electron chi connectivity index (χ0n) is 18.1. The van der Waals surface area contributed by atoms with Crippen LogP contribution < -0.4 is 0 Å². The molecule has 0 saturated carbocycles.